The van der Waals surface area contributed by atoms with E-state index < -0.39 is 5.97 Å². The Morgan fingerprint density at radius 2 is 2.29 bits per heavy atom. The highest BCUT2D eigenvalue weighted by molar-refractivity contribution is 9.10. The molecule has 6 heteroatoms. The number of rotatable bonds is 2. The first kappa shape index (κ1) is 12.2. The number of nitrogens with zero attached hydrogens (tertiary/aromatic N) is 2. The summed E-state index contributed by atoms with van der Waals surface area (Å²) in [7, 11) is 0. The van der Waals surface area contributed by atoms with E-state index in [1.807, 2.05) is 18.2 Å². The predicted molar refractivity (Wildman–Crippen MR) is 70.6 cm³/mol. The van der Waals surface area contributed by atoms with E-state index in [1.165, 1.54) is 4.57 Å². The fraction of sp³-hybridized carbons (Fsp3) is 0.182. The van der Waals surface area contributed by atoms with Crippen molar-refractivity contribution in [1.29, 1.82) is 0 Å². The molecule has 0 saturated heterocycles. The highest BCUT2D eigenvalue weighted by Gasteiger charge is 2.08. The number of aliphatic carboxylic acids is 1. The van der Waals surface area contributed by atoms with Gasteiger partial charge in [-0.1, -0.05) is 28.1 Å². The van der Waals surface area contributed by atoms with E-state index in [0.29, 0.717) is 10.5 Å². The number of aromatic nitrogens is 2. The van der Waals surface area contributed by atoms with Gasteiger partial charge in [0.2, 0.25) is 0 Å². The molecule has 0 aliphatic rings. The van der Waals surface area contributed by atoms with Gasteiger partial charge in [0.15, 0.2) is 0 Å². The fourth-order valence-corrected chi connectivity index (χ4v) is 2.35. The summed E-state index contributed by atoms with van der Waals surface area (Å²) < 4.78 is 2.91. The lowest BCUT2D eigenvalue weighted by Crippen LogP contribution is -2.14. The number of carbonyl (C=O) groups is 1. The second-order valence-corrected chi connectivity index (χ2v) is 4.91. The summed E-state index contributed by atoms with van der Waals surface area (Å²) in [6.07, 6.45) is 0. The van der Waals surface area contributed by atoms with Crippen molar-refractivity contribution in [3.05, 3.63) is 33.1 Å². The van der Waals surface area contributed by atoms with Crippen molar-refractivity contribution >= 4 is 45.0 Å². The van der Waals surface area contributed by atoms with Gasteiger partial charge in [0.1, 0.15) is 17.0 Å². The smallest absolute Gasteiger partial charge is 0.323 e. The molecule has 1 aromatic heterocycles. The molecule has 1 heterocycles. The van der Waals surface area contributed by atoms with Crippen LogP contribution in [0.1, 0.15) is 5.82 Å². The monoisotopic (exact) mass is 312 g/mol. The normalized spacial score (nSPS) is 10.7. The Balaban J connectivity index is 2.78. The fourth-order valence-electron chi connectivity index (χ4n) is 1.63. The molecule has 2 aromatic rings. The maximum absolute atomic E-state index is 10.8. The zero-order valence-electron chi connectivity index (χ0n) is 8.98. The van der Waals surface area contributed by atoms with Gasteiger partial charge in [-0.25, -0.2) is 4.98 Å². The van der Waals surface area contributed by atoms with Crippen molar-refractivity contribution in [2.24, 2.45) is 0 Å². The van der Waals surface area contributed by atoms with Crippen LogP contribution >= 0.6 is 28.1 Å². The molecule has 4 nitrogen and oxygen atoms in total. The van der Waals surface area contributed by atoms with Gasteiger partial charge in [0, 0.05) is 9.86 Å². The molecule has 0 spiro atoms. The molecular weight excluding hydrogens is 304 g/mol. The van der Waals surface area contributed by atoms with Crippen LogP contribution in [0.4, 0.5) is 0 Å². The Morgan fingerprint density at radius 1 is 1.59 bits per heavy atom. The van der Waals surface area contributed by atoms with Crippen LogP contribution in [0.3, 0.4) is 0 Å². The zero-order valence-corrected chi connectivity index (χ0v) is 11.4. The van der Waals surface area contributed by atoms with Crippen molar-refractivity contribution in [1.82, 2.24) is 9.55 Å². The summed E-state index contributed by atoms with van der Waals surface area (Å²) in [4.78, 5) is 15.1. The van der Waals surface area contributed by atoms with Crippen LogP contribution in [-0.2, 0) is 11.3 Å². The molecule has 0 aliphatic heterocycles. The van der Waals surface area contributed by atoms with Gasteiger partial charge in [0.05, 0.1) is 5.52 Å². The number of carboxylic acid groups (broad SMARTS) is 1. The molecule has 0 bridgehead atoms. The number of hydrogen-bond acceptors (Lipinski definition) is 3. The summed E-state index contributed by atoms with van der Waals surface area (Å²) >= 11 is 8.66. The standard InChI is InChI=1S/C11H9BrN2O2S/c1-6-13-9-3-2-7(12)4-8(9)11(17)14(6)5-10(15)16/h2-4H,5H2,1H3,(H,15,16). The van der Waals surface area contributed by atoms with Gasteiger partial charge in [-0.2, -0.15) is 0 Å². The Hall–Kier alpha value is -1.27. The number of benzene rings is 1. The summed E-state index contributed by atoms with van der Waals surface area (Å²) in [5.41, 5.74) is 0.775. The van der Waals surface area contributed by atoms with Crippen LogP contribution in [0, 0.1) is 11.6 Å². The van der Waals surface area contributed by atoms with Gasteiger partial charge in [-0.15, -0.1) is 0 Å². The van der Waals surface area contributed by atoms with Crippen LogP contribution in [0.25, 0.3) is 10.9 Å². The molecule has 0 amide bonds. The van der Waals surface area contributed by atoms with E-state index in [0.717, 1.165) is 15.4 Å². The average molecular weight is 313 g/mol. The lowest BCUT2D eigenvalue weighted by Gasteiger charge is -2.10. The minimum Gasteiger partial charge on any atom is -0.480 e. The van der Waals surface area contributed by atoms with E-state index in [-0.39, 0.29) is 6.54 Å². The quantitative estimate of drug-likeness (QED) is 0.866. The van der Waals surface area contributed by atoms with Gasteiger partial charge >= 0.3 is 5.97 Å². The summed E-state index contributed by atoms with van der Waals surface area (Å²) in [6.45, 7) is 1.58. The summed E-state index contributed by atoms with van der Waals surface area (Å²) in [6, 6.07) is 5.58. The topological polar surface area (TPSA) is 55.1 Å². The van der Waals surface area contributed by atoms with Crippen molar-refractivity contribution in [2.45, 2.75) is 13.5 Å². The van der Waals surface area contributed by atoms with Crippen molar-refractivity contribution < 1.29 is 9.90 Å². The minimum absolute atomic E-state index is 0.167. The van der Waals surface area contributed by atoms with E-state index in [4.69, 9.17) is 17.3 Å². The molecule has 2 rings (SSSR count). The van der Waals surface area contributed by atoms with Crippen molar-refractivity contribution in [2.75, 3.05) is 0 Å². The van der Waals surface area contributed by atoms with Gasteiger partial charge in [-0.3, -0.25) is 4.79 Å². The Bertz CT molecular complexity index is 666. The van der Waals surface area contributed by atoms with Crippen LogP contribution in [-0.4, -0.2) is 20.6 Å². The van der Waals surface area contributed by atoms with Gasteiger partial charge in [0.25, 0.3) is 0 Å². The molecule has 0 unspecified atom stereocenters. The van der Waals surface area contributed by atoms with E-state index in [2.05, 4.69) is 20.9 Å². The zero-order chi connectivity index (χ0) is 12.6. The van der Waals surface area contributed by atoms with Crippen LogP contribution < -0.4 is 0 Å². The third-order valence-electron chi connectivity index (χ3n) is 2.40. The Labute approximate surface area is 111 Å². The first-order chi connectivity index (χ1) is 7.99. The number of hydrogen-bond donors (Lipinski definition) is 1. The maximum Gasteiger partial charge on any atom is 0.323 e. The Morgan fingerprint density at radius 3 is 2.94 bits per heavy atom. The molecule has 0 fully saturated rings. The summed E-state index contributed by atoms with van der Waals surface area (Å²) in [5.74, 6) is -0.326. The van der Waals surface area contributed by atoms with Gasteiger partial charge < -0.3 is 9.67 Å². The molecule has 1 N–H and O–H groups in total. The maximum atomic E-state index is 10.8. The lowest BCUT2D eigenvalue weighted by atomic mass is 10.2. The molecule has 88 valence electrons. The molecule has 0 saturated carbocycles. The predicted octanol–water partition coefficient (Wildman–Crippen LogP) is 2.92. The summed E-state index contributed by atoms with van der Waals surface area (Å²) in [5, 5.41) is 9.62. The second-order valence-electron chi connectivity index (χ2n) is 3.61. The molecule has 17 heavy (non-hydrogen) atoms. The van der Waals surface area contributed by atoms with Crippen LogP contribution in [0.15, 0.2) is 22.7 Å². The van der Waals surface area contributed by atoms with Crippen molar-refractivity contribution in [3.8, 4) is 0 Å². The second kappa shape index (κ2) is 4.54. The minimum atomic E-state index is -0.930. The highest BCUT2D eigenvalue weighted by Crippen LogP contribution is 2.20. The molecule has 0 aliphatic carbocycles. The highest BCUT2D eigenvalue weighted by atomic mass is 79.9. The van der Waals surface area contributed by atoms with Crippen LogP contribution in [0.5, 0.6) is 0 Å². The lowest BCUT2D eigenvalue weighted by molar-refractivity contribution is -0.137. The van der Waals surface area contributed by atoms with E-state index >= 15 is 0 Å². The third-order valence-corrected chi connectivity index (χ3v) is 3.33. The number of fused-ring (bicyclic) bond motifs is 1. The van der Waals surface area contributed by atoms with Crippen LogP contribution in [0.2, 0.25) is 0 Å². The van der Waals surface area contributed by atoms with Gasteiger partial charge in [-0.05, 0) is 25.1 Å². The number of carboxylic acids is 1. The first-order valence-corrected chi connectivity index (χ1v) is 6.07. The Kier molecular flexibility index (Phi) is 3.26. The molecule has 0 radical (unpaired) electrons. The molecular formula is C11H9BrN2O2S. The van der Waals surface area contributed by atoms with Crippen molar-refractivity contribution in [3.63, 3.8) is 0 Å². The number of aryl methyl sites for hydroxylation is 1. The molecule has 0 atom stereocenters. The largest absolute Gasteiger partial charge is 0.480 e. The number of halogens is 1. The third kappa shape index (κ3) is 2.37. The average Bonchev–Trinajstić information content (AvgIpc) is 2.25. The molecule has 1 aromatic carbocycles. The van der Waals surface area contributed by atoms with E-state index in [1.54, 1.807) is 6.92 Å². The first-order valence-electron chi connectivity index (χ1n) is 4.87. The van der Waals surface area contributed by atoms with E-state index in [9.17, 15) is 4.79 Å². The SMILES string of the molecule is Cc1nc2ccc(Br)cc2c(=S)n1CC(=O)O.